The molecule has 0 bridgehead atoms. The first-order valence-corrected chi connectivity index (χ1v) is 3.93. The van der Waals surface area contributed by atoms with Crippen LogP contribution in [0.25, 0.3) is 0 Å². The maximum atomic E-state index is 13.1. The number of benzene rings is 1. The Morgan fingerprint density at radius 1 is 1.47 bits per heavy atom. The standard InChI is InChI=1S/C9H6F2O3.Na.H/c10-4-1-2-6(11)5(3-4)7-8(14-7)9(12)13;;/h1-3,7-8H,(H,12,13);;/q;+1;-1. The van der Waals surface area contributed by atoms with Gasteiger partial charge in [-0.1, -0.05) is 0 Å². The minimum atomic E-state index is -1.17. The summed E-state index contributed by atoms with van der Waals surface area (Å²) in [6.45, 7) is 0. The molecule has 1 heterocycles. The largest absolute Gasteiger partial charge is 1.00 e. The molecule has 0 radical (unpaired) electrons. The average molecular weight is 224 g/mol. The maximum absolute atomic E-state index is 13.1. The summed E-state index contributed by atoms with van der Waals surface area (Å²) in [4.78, 5) is 10.4. The Morgan fingerprint density at radius 2 is 2.13 bits per heavy atom. The Labute approximate surface area is 108 Å². The molecule has 1 aromatic carbocycles. The predicted molar refractivity (Wildman–Crippen MR) is 42.7 cm³/mol. The van der Waals surface area contributed by atoms with Crippen molar-refractivity contribution in [3.05, 3.63) is 35.4 Å². The van der Waals surface area contributed by atoms with Crippen molar-refractivity contribution in [2.24, 2.45) is 0 Å². The molecule has 0 aliphatic carbocycles. The fourth-order valence-electron chi connectivity index (χ4n) is 1.27. The van der Waals surface area contributed by atoms with E-state index in [-0.39, 0.29) is 36.5 Å². The van der Waals surface area contributed by atoms with Gasteiger partial charge in [-0.2, -0.15) is 0 Å². The molecule has 2 atom stereocenters. The number of ether oxygens (including phenoxy) is 1. The van der Waals surface area contributed by atoms with Crippen molar-refractivity contribution in [2.75, 3.05) is 0 Å². The molecule has 1 aliphatic rings. The van der Waals surface area contributed by atoms with E-state index < -0.39 is 29.8 Å². The van der Waals surface area contributed by atoms with Crippen molar-refractivity contribution in [3.8, 4) is 0 Å². The summed E-state index contributed by atoms with van der Waals surface area (Å²) in [5.74, 6) is -2.43. The summed E-state index contributed by atoms with van der Waals surface area (Å²) >= 11 is 0. The Morgan fingerprint density at radius 3 is 2.67 bits per heavy atom. The number of carbonyl (C=O) groups is 1. The van der Waals surface area contributed by atoms with E-state index in [0.717, 1.165) is 18.2 Å². The minimum absolute atomic E-state index is 0. The van der Waals surface area contributed by atoms with Gasteiger partial charge in [0.25, 0.3) is 0 Å². The molecule has 76 valence electrons. The van der Waals surface area contributed by atoms with E-state index in [1.54, 1.807) is 0 Å². The quantitative estimate of drug-likeness (QED) is 0.497. The third-order valence-corrected chi connectivity index (χ3v) is 2.00. The zero-order chi connectivity index (χ0) is 10.3. The molecule has 1 N–H and O–H groups in total. The van der Waals surface area contributed by atoms with Crippen LogP contribution in [0.5, 0.6) is 0 Å². The van der Waals surface area contributed by atoms with Crippen LogP contribution in [-0.2, 0) is 9.53 Å². The number of carboxylic acid groups (broad SMARTS) is 1. The van der Waals surface area contributed by atoms with Crippen LogP contribution in [0.3, 0.4) is 0 Å². The van der Waals surface area contributed by atoms with Crippen molar-refractivity contribution in [3.63, 3.8) is 0 Å². The SMILES string of the molecule is O=C(O)C1OC1c1cc(F)ccc1F.[H-].[Na+]. The molecule has 6 heteroatoms. The molecule has 0 aromatic heterocycles. The molecule has 0 spiro atoms. The van der Waals surface area contributed by atoms with Gasteiger partial charge in [-0.3, -0.25) is 0 Å². The number of hydrogen-bond donors (Lipinski definition) is 1. The number of epoxide rings is 1. The normalized spacial score (nSPS) is 23.1. The summed E-state index contributed by atoms with van der Waals surface area (Å²) in [5.41, 5.74) is -0.0441. The molecule has 0 amide bonds. The molecule has 1 fully saturated rings. The van der Waals surface area contributed by atoms with E-state index in [2.05, 4.69) is 0 Å². The fourth-order valence-corrected chi connectivity index (χ4v) is 1.27. The molecule has 3 nitrogen and oxygen atoms in total. The summed E-state index contributed by atoms with van der Waals surface area (Å²) < 4.78 is 30.4. The molecule has 15 heavy (non-hydrogen) atoms. The van der Waals surface area contributed by atoms with Gasteiger partial charge in [0.1, 0.15) is 17.7 Å². The van der Waals surface area contributed by atoms with Crippen molar-refractivity contribution in [2.45, 2.75) is 12.2 Å². The monoisotopic (exact) mass is 224 g/mol. The smallest absolute Gasteiger partial charge is 1.00 e. The Hall–Kier alpha value is -0.490. The first-order valence-electron chi connectivity index (χ1n) is 3.93. The zero-order valence-corrected chi connectivity index (χ0v) is 9.91. The fraction of sp³-hybridized carbons (Fsp3) is 0.222. The van der Waals surface area contributed by atoms with Crippen LogP contribution in [0, 0.1) is 11.6 Å². The number of hydrogen-bond acceptors (Lipinski definition) is 2. The summed E-state index contributed by atoms with van der Waals surface area (Å²) in [6, 6.07) is 2.87. The van der Waals surface area contributed by atoms with E-state index in [1.165, 1.54) is 0 Å². The van der Waals surface area contributed by atoms with Crippen LogP contribution < -0.4 is 29.6 Å². The Balaban J connectivity index is 0.00000112. The topological polar surface area (TPSA) is 49.8 Å². The molecule has 2 rings (SSSR count). The number of aliphatic carboxylic acids is 1. The minimum Gasteiger partial charge on any atom is -1.00 e. The summed E-state index contributed by atoms with van der Waals surface area (Å²) in [7, 11) is 0. The molecular weight excluding hydrogens is 217 g/mol. The predicted octanol–water partition coefficient (Wildman–Crippen LogP) is -1.39. The molecule has 1 aromatic rings. The molecule has 1 aliphatic heterocycles. The second kappa shape index (κ2) is 4.57. The zero-order valence-electron chi connectivity index (χ0n) is 8.91. The van der Waals surface area contributed by atoms with Gasteiger partial charge in [0.15, 0.2) is 6.10 Å². The van der Waals surface area contributed by atoms with Gasteiger partial charge in [0.2, 0.25) is 0 Å². The van der Waals surface area contributed by atoms with Crippen LogP contribution in [-0.4, -0.2) is 17.2 Å². The van der Waals surface area contributed by atoms with Gasteiger partial charge in [-0.15, -0.1) is 0 Å². The van der Waals surface area contributed by atoms with Gasteiger partial charge in [-0.25, -0.2) is 13.6 Å². The van der Waals surface area contributed by atoms with E-state index in [1.807, 2.05) is 0 Å². The van der Waals surface area contributed by atoms with E-state index in [9.17, 15) is 13.6 Å². The molecular formula is C9H7F2NaO3. The molecule has 2 unspecified atom stereocenters. The first-order chi connectivity index (χ1) is 6.59. The van der Waals surface area contributed by atoms with Gasteiger partial charge in [0, 0.05) is 5.56 Å². The summed E-state index contributed by atoms with van der Waals surface area (Å²) in [6.07, 6.45) is -1.91. The van der Waals surface area contributed by atoms with Crippen molar-refractivity contribution >= 4 is 5.97 Å². The van der Waals surface area contributed by atoms with E-state index in [0.29, 0.717) is 0 Å². The number of carboxylic acids is 1. The number of rotatable bonds is 2. The van der Waals surface area contributed by atoms with Crippen molar-refractivity contribution < 1.29 is 54.4 Å². The Kier molecular flexibility index (Phi) is 3.83. The average Bonchev–Trinajstić information content (AvgIpc) is 2.88. The van der Waals surface area contributed by atoms with Crippen molar-refractivity contribution in [1.82, 2.24) is 0 Å². The van der Waals surface area contributed by atoms with Crippen LogP contribution in [0.15, 0.2) is 18.2 Å². The third-order valence-electron chi connectivity index (χ3n) is 2.00. The van der Waals surface area contributed by atoms with Crippen LogP contribution in [0.4, 0.5) is 8.78 Å². The molecule has 0 saturated carbocycles. The van der Waals surface area contributed by atoms with E-state index in [4.69, 9.17) is 9.84 Å². The third kappa shape index (κ3) is 2.55. The second-order valence-electron chi connectivity index (χ2n) is 2.98. The second-order valence-corrected chi connectivity index (χ2v) is 2.98. The first kappa shape index (κ1) is 12.6. The van der Waals surface area contributed by atoms with Crippen LogP contribution in [0.1, 0.15) is 13.1 Å². The van der Waals surface area contributed by atoms with Crippen LogP contribution >= 0.6 is 0 Å². The number of halogens is 2. The molecule has 1 saturated heterocycles. The van der Waals surface area contributed by atoms with Crippen molar-refractivity contribution in [1.29, 1.82) is 0 Å². The summed E-state index contributed by atoms with van der Waals surface area (Å²) in [5, 5.41) is 8.50. The van der Waals surface area contributed by atoms with E-state index >= 15 is 0 Å². The Bertz CT molecular complexity index is 402. The van der Waals surface area contributed by atoms with Crippen LogP contribution in [0.2, 0.25) is 0 Å². The van der Waals surface area contributed by atoms with Gasteiger partial charge in [-0.05, 0) is 18.2 Å². The van der Waals surface area contributed by atoms with Gasteiger partial charge >= 0.3 is 35.5 Å². The van der Waals surface area contributed by atoms with Gasteiger partial charge < -0.3 is 11.3 Å². The van der Waals surface area contributed by atoms with Gasteiger partial charge in [0.05, 0.1) is 0 Å². The maximum Gasteiger partial charge on any atom is 1.00 e.